The van der Waals surface area contributed by atoms with Crippen molar-refractivity contribution in [3.63, 3.8) is 0 Å². The van der Waals surface area contributed by atoms with Crippen LogP contribution in [0.5, 0.6) is 0 Å². The number of H-pyrrole nitrogens is 2. The predicted molar refractivity (Wildman–Crippen MR) is 391 cm³/mol. The molecule has 0 unspecified atom stereocenters. The Morgan fingerprint density at radius 1 is 0.364 bits per heavy atom. The van der Waals surface area contributed by atoms with Gasteiger partial charge in [0, 0.05) is 185 Å². The average Bonchev–Trinajstić information content (AvgIpc) is 1.70. The Balaban J connectivity index is 0.000000851. The molecule has 1 radical (unpaired) electrons. The number of amides is 8. The first-order valence-electron chi connectivity index (χ1n) is 36.1. The van der Waals surface area contributed by atoms with E-state index < -0.39 is 0 Å². The summed E-state index contributed by atoms with van der Waals surface area (Å²) in [7, 11) is 3.79. The van der Waals surface area contributed by atoms with Crippen LogP contribution in [-0.2, 0) is 93.5 Å². The van der Waals surface area contributed by atoms with Gasteiger partial charge >= 0.3 is 0 Å². The van der Waals surface area contributed by atoms with Crippen LogP contribution in [0.1, 0.15) is 223 Å². The predicted octanol–water partition coefficient (Wildman–Crippen LogP) is 9.29. The van der Waals surface area contributed by atoms with Crippen molar-refractivity contribution in [2.45, 2.75) is 285 Å². The third-order valence-corrected chi connectivity index (χ3v) is 18.5. The monoisotopic (exact) mass is 1450 g/mol. The van der Waals surface area contributed by atoms with Crippen LogP contribution in [0.2, 0.25) is 0 Å². The van der Waals surface area contributed by atoms with E-state index in [1.165, 1.54) is 0 Å². The largest absolute Gasteiger partial charge is 0.542 e. The van der Waals surface area contributed by atoms with Gasteiger partial charge < -0.3 is 72.7 Å². The molecule has 8 amide bonds. The summed E-state index contributed by atoms with van der Waals surface area (Å²) in [4.78, 5) is 131. The van der Waals surface area contributed by atoms with Crippen LogP contribution in [0.15, 0.2) is 60.9 Å². The normalized spacial score (nSPS) is 14.4. The van der Waals surface area contributed by atoms with Gasteiger partial charge in [-0.2, -0.15) is 0 Å². The van der Waals surface area contributed by atoms with Crippen molar-refractivity contribution in [3.05, 3.63) is 72.1 Å². The van der Waals surface area contributed by atoms with Gasteiger partial charge in [-0.3, -0.25) is 44.6 Å². The minimum absolute atomic E-state index is 0. The fourth-order valence-electron chi connectivity index (χ4n) is 11.9. The van der Waals surface area contributed by atoms with Crippen molar-refractivity contribution in [1.29, 1.82) is 0 Å². The summed E-state index contributed by atoms with van der Waals surface area (Å²) in [6.07, 6.45) is 14.7. The van der Waals surface area contributed by atoms with Crippen LogP contribution < -0.4 is 53.2 Å². The molecule has 2 aromatic heterocycles. The van der Waals surface area contributed by atoms with E-state index in [4.69, 9.17) is 0 Å². The molecule has 2 heterocycles. The second kappa shape index (κ2) is 48.5. The summed E-state index contributed by atoms with van der Waals surface area (Å²) in [6, 6.07) is 15.0. The molecular formula is C76H123N12O10Y-. The van der Waals surface area contributed by atoms with Crippen LogP contribution >= 0.6 is 0 Å². The van der Waals surface area contributed by atoms with Crippen molar-refractivity contribution in [3.8, 4) is 0 Å². The molecule has 99 heavy (non-hydrogen) atoms. The molecule has 0 fully saturated rings. The summed E-state index contributed by atoms with van der Waals surface area (Å²) in [5.74, 6) is 0.216. The topological polar surface area (TPSA) is 323 Å². The molecule has 4 rings (SSSR count). The number of carbonyl (C=O) groups is 9. The Morgan fingerprint density at radius 2 is 0.667 bits per heavy atom. The zero-order valence-corrected chi connectivity index (χ0v) is 65.2. The molecular weight excluding hydrogens is 1330 g/mol. The molecule has 0 saturated carbocycles. The van der Waals surface area contributed by atoms with Gasteiger partial charge in [-0.05, 0) is 166 Å². The Hall–Kier alpha value is -6.36. The van der Waals surface area contributed by atoms with E-state index >= 15 is 0 Å². The van der Waals surface area contributed by atoms with E-state index in [1.54, 1.807) is 20.1 Å². The Morgan fingerprint density at radius 3 is 1.01 bits per heavy atom. The molecule has 0 spiro atoms. The Kier molecular flexibility index (Phi) is 43.4. The third kappa shape index (κ3) is 36.7. The van der Waals surface area contributed by atoms with Crippen LogP contribution in [-0.4, -0.2) is 144 Å². The van der Waals surface area contributed by atoms with Gasteiger partial charge in [0.1, 0.15) is 5.78 Å². The van der Waals surface area contributed by atoms with E-state index in [0.717, 1.165) is 45.8 Å². The molecule has 10 atom stereocenters. The van der Waals surface area contributed by atoms with Gasteiger partial charge in [0.2, 0.25) is 47.3 Å². The number of Topliss-reactive ketones (excluding diaryl/α,β-unsaturated/α-hetero) is 1. The average molecular weight is 1450 g/mol. The third-order valence-electron chi connectivity index (χ3n) is 18.5. The van der Waals surface area contributed by atoms with Crippen molar-refractivity contribution in [2.24, 2.45) is 23.7 Å². The van der Waals surface area contributed by atoms with Crippen LogP contribution in [0.4, 0.5) is 0 Å². The minimum Gasteiger partial charge on any atom is -0.542 e. The molecule has 0 saturated heterocycles. The summed E-state index contributed by atoms with van der Waals surface area (Å²) in [5, 5.41) is 33.0. The number of nitrogens with one attached hydrogen (secondary N) is 12. The fraction of sp³-hybridized carbons (Fsp3) is 0.658. The molecule has 0 aliphatic carbocycles. The van der Waals surface area contributed by atoms with Crippen molar-refractivity contribution >= 4 is 81.1 Å². The van der Waals surface area contributed by atoms with Crippen molar-refractivity contribution in [2.75, 3.05) is 14.1 Å². The molecule has 0 aliphatic rings. The summed E-state index contributed by atoms with van der Waals surface area (Å²) in [6.45, 7) is 25.5. The van der Waals surface area contributed by atoms with Gasteiger partial charge in [-0.15, -0.1) is 6.42 Å². The van der Waals surface area contributed by atoms with Crippen LogP contribution in [0.3, 0.4) is 0 Å². The van der Waals surface area contributed by atoms with Gasteiger partial charge in [0.05, 0.1) is 0 Å². The van der Waals surface area contributed by atoms with Crippen molar-refractivity contribution < 1.29 is 80.7 Å². The minimum atomic E-state index is -0.306. The molecule has 0 bridgehead atoms. The SMILES string of the molecule is CN[C@@H](C)CCC(=O)N[C@H](CCC(=O)N[C@H](CCC(=O)N[C@@H](C)C[C-]=O)C(C)C)C(C)C.CN[C@H](CCC(=O)N[C@@H](C)CCC(=O)N[C@H](CCC(=O)N[C@H](CCC(=O)N[C@@H](C)CCC(=O)N[C@H](CCC(C)=O)Cc1c[nH]c2ccccc12)C(C)C)Cc1c[nH]c2ccccc12)C(C)C.[Y]. The van der Waals surface area contributed by atoms with Gasteiger partial charge in [-0.1, -0.05) is 91.8 Å². The standard InChI is InChI=1S/C52H78N8O6.C24H45N4O4.Y/c1-33(2)44(53-8)22-27-48(62)56-35(5)18-25-51(65)59-41(30-39-32-55-47-16-12-10-14-43(39)47)21-26-52(66)60-45(34(3)4)23-28-49(63)57-36(6)17-24-50(64)58-40(20-19-37(7)61)29-38-31-54-46-15-11-9-13-42(38)46;1-16(2)20(9-12-22(30)26-19(6)14-15-29)28-24(32)13-10-21(17(3)4)27-23(31)11-8-18(5)25-7;/h9-16,31-36,40-41,44-45,53-55H,17-30H2,1-8H3,(H,56,62)(H,57,63)(H,58,64)(H,59,65)(H,60,66);16-21,25H,8-14H2,1-7H3,(H,26,30)(H,27,31)(H,28,32);/q;-1;/t35-,36-,40+,41+,44+,45+;18-,19-,20+,21+;/m00./s1. The molecule has 0 aliphatic heterocycles. The Bertz CT molecular complexity index is 3090. The van der Waals surface area contributed by atoms with E-state index in [1.807, 2.05) is 137 Å². The molecule has 2 aromatic carbocycles. The van der Waals surface area contributed by atoms with E-state index in [9.17, 15) is 47.9 Å². The molecule has 23 heteroatoms. The van der Waals surface area contributed by atoms with Crippen LogP contribution in [0, 0.1) is 23.7 Å². The number of aromatic nitrogens is 2. The van der Waals surface area contributed by atoms with E-state index in [0.29, 0.717) is 89.4 Å². The van der Waals surface area contributed by atoms with E-state index in [2.05, 4.69) is 77.0 Å². The number of fused-ring (bicyclic) bond motifs is 2. The molecule has 12 N–H and O–H groups in total. The molecule has 551 valence electrons. The van der Waals surface area contributed by atoms with Gasteiger partial charge in [0.25, 0.3) is 0 Å². The Labute approximate surface area is 616 Å². The number of para-hydroxylation sites is 2. The number of hydrogen-bond donors (Lipinski definition) is 12. The molecule has 4 aromatic rings. The summed E-state index contributed by atoms with van der Waals surface area (Å²) >= 11 is 0. The maximum absolute atomic E-state index is 13.5. The fourth-order valence-corrected chi connectivity index (χ4v) is 11.9. The van der Waals surface area contributed by atoms with Crippen molar-refractivity contribution in [1.82, 2.24) is 63.1 Å². The maximum Gasteiger partial charge on any atom is 0.220 e. The number of benzene rings is 2. The van der Waals surface area contributed by atoms with Gasteiger partial charge in [-0.25, -0.2) is 0 Å². The maximum atomic E-state index is 13.5. The summed E-state index contributed by atoms with van der Waals surface area (Å²) in [5.41, 5.74) is 4.16. The second-order valence-corrected chi connectivity index (χ2v) is 28.5. The number of ketones is 1. The van der Waals surface area contributed by atoms with E-state index in [-0.39, 0.29) is 202 Å². The van der Waals surface area contributed by atoms with Gasteiger partial charge in [0.15, 0.2) is 0 Å². The number of rotatable bonds is 47. The smallest absolute Gasteiger partial charge is 0.220 e. The summed E-state index contributed by atoms with van der Waals surface area (Å²) < 4.78 is 0. The number of aromatic amines is 2. The van der Waals surface area contributed by atoms with Crippen LogP contribution in [0.25, 0.3) is 21.8 Å². The zero-order valence-electron chi connectivity index (χ0n) is 62.4. The zero-order chi connectivity index (χ0) is 72.9. The number of carbonyl (C=O) groups excluding carboxylic acids is 10. The molecule has 22 nitrogen and oxygen atoms in total. The first-order valence-corrected chi connectivity index (χ1v) is 36.1. The first kappa shape index (κ1) is 88.7. The first-order chi connectivity index (χ1) is 46.5. The second-order valence-electron chi connectivity index (χ2n) is 28.5. The quantitative estimate of drug-likeness (QED) is 0.0184. The number of hydrogen-bond acceptors (Lipinski definition) is 12.